The number of aromatic nitrogens is 5. The lowest BCUT2D eigenvalue weighted by Gasteiger charge is -2.07. The van der Waals surface area contributed by atoms with E-state index in [0.717, 1.165) is 33.1 Å². The lowest BCUT2D eigenvalue weighted by atomic mass is 10.1. The third kappa shape index (κ3) is 3.68. The Morgan fingerprint density at radius 2 is 1.71 bits per heavy atom. The van der Waals surface area contributed by atoms with E-state index in [0.29, 0.717) is 17.6 Å². The Morgan fingerprint density at radius 3 is 2.45 bits per heavy atom. The highest BCUT2D eigenvalue weighted by Crippen LogP contribution is 2.24. The molecule has 0 amide bonds. The maximum absolute atomic E-state index is 13.1. The molecule has 0 unspecified atom stereocenters. The van der Waals surface area contributed by atoms with Gasteiger partial charge in [-0.3, -0.25) is 9.36 Å². The van der Waals surface area contributed by atoms with Crippen LogP contribution >= 0.6 is 11.3 Å². The predicted octanol–water partition coefficient (Wildman–Crippen LogP) is 4.68. The van der Waals surface area contributed by atoms with Crippen LogP contribution in [-0.2, 0) is 6.54 Å². The van der Waals surface area contributed by atoms with Crippen LogP contribution < -0.4 is 5.56 Å². The van der Waals surface area contributed by atoms with Crippen molar-refractivity contribution in [2.75, 3.05) is 0 Å². The zero-order chi connectivity index (χ0) is 21.5. The maximum atomic E-state index is 13.1. The lowest BCUT2D eigenvalue weighted by Crippen LogP contribution is -2.21. The second kappa shape index (κ2) is 7.59. The Kier molecular flexibility index (Phi) is 4.75. The van der Waals surface area contributed by atoms with Gasteiger partial charge >= 0.3 is 0 Å². The first-order valence-electron chi connectivity index (χ1n) is 10.0. The highest BCUT2D eigenvalue weighted by molar-refractivity contribution is 7.13. The summed E-state index contributed by atoms with van der Waals surface area (Å²) in [4.78, 5) is 22.3. The normalized spacial score (nSPS) is 11.3. The molecule has 0 N–H and O–H groups in total. The summed E-state index contributed by atoms with van der Waals surface area (Å²) in [5.74, 6) is 0. The minimum atomic E-state index is -0.120. The van der Waals surface area contributed by atoms with Crippen LogP contribution in [0.1, 0.15) is 22.4 Å². The number of aryl methyl sites for hydroxylation is 3. The number of hydrogen-bond acceptors (Lipinski definition) is 5. The van der Waals surface area contributed by atoms with Crippen LogP contribution in [0.15, 0.2) is 65.2 Å². The molecule has 31 heavy (non-hydrogen) atoms. The molecule has 0 spiro atoms. The third-order valence-electron chi connectivity index (χ3n) is 5.19. The van der Waals surface area contributed by atoms with Gasteiger partial charge in [0.1, 0.15) is 16.7 Å². The highest BCUT2D eigenvalue weighted by atomic mass is 32.1. The van der Waals surface area contributed by atoms with Gasteiger partial charge in [0.05, 0.1) is 24.1 Å². The van der Waals surface area contributed by atoms with Gasteiger partial charge in [0, 0.05) is 10.9 Å². The van der Waals surface area contributed by atoms with Crippen molar-refractivity contribution in [2.24, 2.45) is 0 Å². The molecule has 2 aromatic carbocycles. The summed E-state index contributed by atoms with van der Waals surface area (Å²) in [6.07, 6.45) is 3.17. The Morgan fingerprint density at radius 1 is 0.968 bits per heavy atom. The minimum absolute atomic E-state index is 0.120. The van der Waals surface area contributed by atoms with Crippen LogP contribution in [0.4, 0.5) is 0 Å². The van der Waals surface area contributed by atoms with Crippen molar-refractivity contribution in [1.82, 2.24) is 24.3 Å². The largest absolute Gasteiger partial charge is 0.292 e. The fourth-order valence-electron chi connectivity index (χ4n) is 3.71. The molecule has 6 nitrogen and oxygen atoms in total. The van der Waals surface area contributed by atoms with Gasteiger partial charge in [-0.25, -0.2) is 14.6 Å². The summed E-state index contributed by atoms with van der Waals surface area (Å²) in [5, 5.41) is 7.87. The van der Waals surface area contributed by atoms with E-state index in [4.69, 9.17) is 4.98 Å². The first kappa shape index (κ1) is 19.4. The molecule has 0 radical (unpaired) electrons. The minimum Gasteiger partial charge on any atom is -0.292 e. The van der Waals surface area contributed by atoms with Crippen molar-refractivity contribution < 1.29 is 0 Å². The molecule has 7 heteroatoms. The Bertz CT molecular complexity index is 1440. The molecule has 0 aliphatic rings. The fourth-order valence-corrected chi connectivity index (χ4v) is 4.52. The van der Waals surface area contributed by atoms with Crippen molar-refractivity contribution in [3.63, 3.8) is 0 Å². The van der Waals surface area contributed by atoms with Gasteiger partial charge in [0.15, 0.2) is 5.65 Å². The van der Waals surface area contributed by atoms with E-state index in [1.165, 1.54) is 5.56 Å². The molecule has 5 aromatic rings. The van der Waals surface area contributed by atoms with Crippen molar-refractivity contribution in [2.45, 2.75) is 27.3 Å². The molecule has 5 rings (SSSR count). The molecule has 3 aromatic heterocycles. The summed E-state index contributed by atoms with van der Waals surface area (Å²) in [6.45, 7) is 6.52. The van der Waals surface area contributed by atoms with Crippen molar-refractivity contribution in [3.05, 3.63) is 93.1 Å². The van der Waals surface area contributed by atoms with Gasteiger partial charge in [-0.15, -0.1) is 11.3 Å². The van der Waals surface area contributed by atoms with Crippen LogP contribution in [0.5, 0.6) is 0 Å². The molecular formula is C24H21N5OS. The number of hydrogen-bond donors (Lipinski definition) is 0. The zero-order valence-corrected chi connectivity index (χ0v) is 18.3. The highest BCUT2D eigenvalue weighted by Gasteiger charge is 2.13. The number of benzene rings is 2. The number of nitrogens with zero attached hydrogens (tertiary/aromatic N) is 5. The smallest absolute Gasteiger partial charge is 0.264 e. The van der Waals surface area contributed by atoms with E-state index in [1.807, 2.05) is 31.4 Å². The first-order chi connectivity index (χ1) is 15.0. The lowest BCUT2D eigenvalue weighted by molar-refractivity contribution is 0.732. The summed E-state index contributed by atoms with van der Waals surface area (Å²) >= 11 is 1.58. The van der Waals surface area contributed by atoms with E-state index in [1.54, 1.807) is 33.1 Å². The molecule has 0 aliphatic heterocycles. The topological polar surface area (TPSA) is 65.6 Å². The summed E-state index contributed by atoms with van der Waals surface area (Å²) in [7, 11) is 0. The second-order valence-corrected chi connectivity index (χ2v) is 8.69. The SMILES string of the molecule is Cc1ccc(-c2nc(Cn3cnc4c(cnn4-c4cc(C)cc(C)c4)c3=O)cs2)cc1. The third-order valence-corrected chi connectivity index (χ3v) is 6.13. The molecule has 154 valence electrons. The van der Waals surface area contributed by atoms with Gasteiger partial charge in [0.25, 0.3) is 5.56 Å². The van der Waals surface area contributed by atoms with Crippen LogP contribution in [0.3, 0.4) is 0 Å². The van der Waals surface area contributed by atoms with E-state index < -0.39 is 0 Å². The van der Waals surface area contributed by atoms with Gasteiger partial charge < -0.3 is 0 Å². The maximum Gasteiger partial charge on any atom is 0.264 e. The quantitative estimate of drug-likeness (QED) is 0.418. The average molecular weight is 428 g/mol. The van der Waals surface area contributed by atoms with Crippen molar-refractivity contribution in [3.8, 4) is 16.3 Å². The Labute approximate surface area is 183 Å². The van der Waals surface area contributed by atoms with Crippen LogP contribution in [0.2, 0.25) is 0 Å². The van der Waals surface area contributed by atoms with E-state index >= 15 is 0 Å². The molecule has 0 bridgehead atoms. The number of thiazole rings is 1. The van der Waals surface area contributed by atoms with Gasteiger partial charge in [-0.05, 0) is 44.0 Å². The molecular weight excluding hydrogens is 406 g/mol. The molecule has 0 aliphatic carbocycles. The van der Waals surface area contributed by atoms with Crippen molar-refractivity contribution >= 4 is 22.4 Å². The molecule has 0 saturated heterocycles. The van der Waals surface area contributed by atoms with E-state index in [9.17, 15) is 4.79 Å². The molecule has 3 heterocycles. The molecule has 0 fully saturated rings. The van der Waals surface area contributed by atoms with Crippen LogP contribution in [0, 0.1) is 20.8 Å². The van der Waals surface area contributed by atoms with E-state index in [-0.39, 0.29) is 5.56 Å². The first-order valence-corrected chi connectivity index (χ1v) is 10.9. The standard InChI is InChI=1S/C24H21N5OS/c1-15-4-6-18(7-5-15)23-27-19(13-31-23)12-28-14-25-22-21(24(28)30)11-26-29(22)20-9-16(2)8-17(3)10-20/h4-11,13-14H,12H2,1-3H3. The Hall–Kier alpha value is -3.58. The number of fused-ring (bicyclic) bond motifs is 1. The van der Waals surface area contributed by atoms with Crippen LogP contribution in [-0.4, -0.2) is 24.3 Å². The monoisotopic (exact) mass is 427 g/mol. The van der Waals surface area contributed by atoms with Gasteiger partial charge in [-0.1, -0.05) is 35.9 Å². The fraction of sp³-hybridized carbons (Fsp3) is 0.167. The zero-order valence-electron chi connectivity index (χ0n) is 17.5. The predicted molar refractivity (Wildman–Crippen MR) is 124 cm³/mol. The number of rotatable bonds is 4. The molecule has 0 atom stereocenters. The van der Waals surface area contributed by atoms with Crippen molar-refractivity contribution in [1.29, 1.82) is 0 Å². The van der Waals surface area contributed by atoms with Gasteiger partial charge in [-0.2, -0.15) is 5.10 Å². The van der Waals surface area contributed by atoms with Gasteiger partial charge in [0.2, 0.25) is 0 Å². The van der Waals surface area contributed by atoms with E-state index in [2.05, 4.69) is 47.3 Å². The Balaban J connectivity index is 1.47. The summed E-state index contributed by atoms with van der Waals surface area (Å²) < 4.78 is 3.31. The summed E-state index contributed by atoms with van der Waals surface area (Å²) in [5.41, 5.74) is 6.76. The molecule has 0 saturated carbocycles. The summed E-state index contributed by atoms with van der Waals surface area (Å²) in [6, 6.07) is 14.5. The average Bonchev–Trinajstić information content (AvgIpc) is 3.37. The second-order valence-electron chi connectivity index (χ2n) is 7.83. The van der Waals surface area contributed by atoms with Crippen LogP contribution in [0.25, 0.3) is 27.3 Å².